The van der Waals surface area contributed by atoms with Gasteiger partial charge in [-0.1, -0.05) is 38.1 Å². The van der Waals surface area contributed by atoms with Gasteiger partial charge in [-0.05, 0) is 57.9 Å². The molecule has 2 aliphatic heterocycles. The third kappa shape index (κ3) is 3.94. The summed E-state index contributed by atoms with van der Waals surface area (Å²) in [6.07, 6.45) is 3.22. The van der Waals surface area contributed by atoms with Gasteiger partial charge >= 0.3 is 6.09 Å². The number of piperidine rings is 1. The number of ketones is 1. The molecule has 0 radical (unpaired) electrons. The van der Waals surface area contributed by atoms with E-state index in [4.69, 9.17) is 4.74 Å². The maximum Gasteiger partial charge on any atom is 0.410 e. The van der Waals surface area contributed by atoms with Crippen molar-refractivity contribution in [1.29, 1.82) is 0 Å². The topological polar surface area (TPSA) is 46.6 Å². The molecule has 4 nitrogen and oxygen atoms in total. The van der Waals surface area contributed by atoms with Crippen LogP contribution in [0.5, 0.6) is 0 Å². The molecule has 0 aromatic heterocycles. The van der Waals surface area contributed by atoms with E-state index < -0.39 is 5.60 Å². The second kappa shape index (κ2) is 7.05. The van der Waals surface area contributed by atoms with Gasteiger partial charge in [-0.2, -0.15) is 0 Å². The predicted molar refractivity (Wildman–Crippen MR) is 102 cm³/mol. The van der Waals surface area contributed by atoms with E-state index in [2.05, 4.69) is 26.0 Å². The second-order valence-corrected chi connectivity index (χ2v) is 9.08. The smallest absolute Gasteiger partial charge is 0.410 e. The van der Waals surface area contributed by atoms with E-state index in [1.807, 2.05) is 37.8 Å². The Morgan fingerprint density at radius 1 is 1.04 bits per heavy atom. The minimum Gasteiger partial charge on any atom is -0.444 e. The van der Waals surface area contributed by atoms with Gasteiger partial charge in [0.25, 0.3) is 0 Å². The van der Waals surface area contributed by atoms with Crippen molar-refractivity contribution in [3.8, 4) is 0 Å². The van der Waals surface area contributed by atoms with E-state index in [0.29, 0.717) is 5.92 Å². The van der Waals surface area contributed by atoms with Crippen LogP contribution >= 0.6 is 0 Å². The average molecular weight is 357 g/mol. The third-order valence-electron chi connectivity index (χ3n) is 5.57. The molecule has 3 rings (SSSR count). The highest BCUT2D eigenvalue weighted by Crippen LogP contribution is 2.40. The first-order valence-electron chi connectivity index (χ1n) is 9.81. The number of hydrogen-bond acceptors (Lipinski definition) is 3. The van der Waals surface area contributed by atoms with Gasteiger partial charge < -0.3 is 9.64 Å². The van der Waals surface area contributed by atoms with Crippen LogP contribution in [0.15, 0.2) is 24.3 Å². The van der Waals surface area contributed by atoms with Gasteiger partial charge in [-0.3, -0.25) is 4.79 Å². The van der Waals surface area contributed by atoms with Crippen LogP contribution in [0.2, 0.25) is 0 Å². The van der Waals surface area contributed by atoms with Crippen molar-refractivity contribution in [2.24, 2.45) is 5.92 Å². The standard InChI is InChI=1S/C22H31NO3/c1-14(2)15-6-8-16(9-7-15)20(24)17-12-18-10-11-19(13-17)23(18)21(25)26-22(3,4)5/h6-9,14,17-19H,10-13H2,1-5H3. The molecule has 142 valence electrons. The highest BCUT2D eigenvalue weighted by molar-refractivity contribution is 5.98. The van der Waals surface area contributed by atoms with E-state index in [9.17, 15) is 9.59 Å². The van der Waals surface area contributed by atoms with Crippen molar-refractivity contribution in [1.82, 2.24) is 4.90 Å². The third-order valence-corrected chi connectivity index (χ3v) is 5.57. The van der Waals surface area contributed by atoms with Gasteiger partial charge in [0.15, 0.2) is 5.78 Å². The number of carbonyl (C=O) groups excluding carboxylic acids is 2. The van der Waals surface area contributed by atoms with Gasteiger partial charge in [0, 0.05) is 23.6 Å². The van der Waals surface area contributed by atoms with E-state index in [1.165, 1.54) is 5.56 Å². The fourth-order valence-corrected chi connectivity index (χ4v) is 4.27. The summed E-state index contributed by atoms with van der Waals surface area (Å²) in [4.78, 5) is 27.4. The summed E-state index contributed by atoms with van der Waals surface area (Å²) >= 11 is 0. The quantitative estimate of drug-likeness (QED) is 0.701. The van der Waals surface area contributed by atoms with Crippen molar-refractivity contribution in [2.45, 2.75) is 83.9 Å². The first kappa shape index (κ1) is 18.9. The van der Waals surface area contributed by atoms with Crippen LogP contribution in [0.1, 0.15) is 82.1 Å². The number of Topliss-reactive ketones (excluding diaryl/α,β-unsaturated/α-hetero) is 1. The summed E-state index contributed by atoms with van der Waals surface area (Å²) < 4.78 is 5.58. The normalized spacial score (nSPS) is 25.5. The Morgan fingerprint density at radius 2 is 1.58 bits per heavy atom. The molecule has 2 aliphatic rings. The summed E-state index contributed by atoms with van der Waals surface area (Å²) in [6, 6.07) is 8.30. The molecule has 0 spiro atoms. The number of carbonyl (C=O) groups is 2. The Bertz CT molecular complexity index is 658. The number of ether oxygens (including phenoxy) is 1. The zero-order valence-corrected chi connectivity index (χ0v) is 16.6. The number of nitrogens with zero attached hydrogens (tertiary/aromatic N) is 1. The number of rotatable bonds is 3. The maximum absolute atomic E-state index is 13.0. The number of benzene rings is 1. The van der Waals surface area contributed by atoms with Crippen molar-refractivity contribution >= 4 is 11.9 Å². The zero-order valence-electron chi connectivity index (χ0n) is 16.6. The molecule has 2 unspecified atom stereocenters. The van der Waals surface area contributed by atoms with Crippen molar-refractivity contribution < 1.29 is 14.3 Å². The molecule has 2 fully saturated rings. The molecule has 0 N–H and O–H groups in total. The zero-order chi connectivity index (χ0) is 19.1. The molecular weight excluding hydrogens is 326 g/mol. The Kier molecular flexibility index (Phi) is 5.14. The first-order chi connectivity index (χ1) is 12.2. The molecule has 0 saturated carbocycles. The minimum atomic E-state index is -0.485. The highest BCUT2D eigenvalue weighted by Gasteiger charge is 2.46. The average Bonchev–Trinajstić information content (AvgIpc) is 2.83. The lowest BCUT2D eigenvalue weighted by atomic mass is 9.84. The fourth-order valence-electron chi connectivity index (χ4n) is 4.27. The monoisotopic (exact) mass is 357 g/mol. The lowest BCUT2D eigenvalue weighted by Crippen LogP contribution is -2.49. The molecule has 2 heterocycles. The number of amides is 1. The fraction of sp³-hybridized carbons (Fsp3) is 0.636. The lowest BCUT2D eigenvalue weighted by Gasteiger charge is -2.39. The van der Waals surface area contributed by atoms with Crippen LogP contribution in [0.3, 0.4) is 0 Å². The molecule has 0 aliphatic carbocycles. The molecule has 2 bridgehead atoms. The van der Waals surface area contributed by atoms with Gasteiger partial charge in [0.1, 0.15) is 5.60 Å². The molecule has 1 amide bonds. The Morgan fingerprint density at radius 3 is 2.04 bits per heavy atom. The lowest BCUT2D eigenvalue weighted by molar-refractivity contribution is 0.00254. The van der Waals surface area contributed by atoms with Gasteiger partial charge in [0.05, 0.1) is 0 Å². The molecule has 2 atom stereocenters. The van der Waals surface area contributed by atoms with E-state index in [0.717, 1.165) is 31.2 Å². The van der Waals surface area contributed by atoms with Gasteiger partial charge in [0.2, 0.25) is 0 Å². The summed E-state index contributed by atoms with van der Waals surface area (Å²) in [5.74, 6) is 0.698. The van der Waals surface area contributed by atoms with Crippen LogP contribution in [0.4, 0.5) is 4.79 Å². The second-order valence-electron chi connectivity index (χ2n) is 9.08. The molecular formula is C22H31NO3. The molecule has 26 heavy (non-hydrogen) atoms. The number of hydrogen-bond donors (Lipinski definition) is 0. The minimum absolute atomic E-state index is 0.0103. The molecule has 4 heteroatoms. The van der Waals surface area contributed by atoms with Gasteiger partial charge in [-0.25, -0.2) is 4.79 Å². The largest absolute Gasteiger partial charge is 0.444 e. The van der Waals surface area contributed by atoms with Crippen molar-refractivity contribution in [3.63, 3.8) is 0 Å². The van der Waals surface area contributed by atoms with Crippen LogP contribution < -0.4 is 0 Å². The Hall–Kier alpha value is -1.84. The van der Waals surface area contributed by atoms with Crippen molar-refractivity contribution in [3.05, 3.63) is 35.4 Å². The van der Waals surface area contributed by atoms with Crippen LogP contribution in [0.25, 0.3) is 0 Å². The Balaban J connectivity index is 1.68. The first-order valence-corrected chi connectivity index (χ1v) is 9.81. The van der Waals surface area contributed by atoms with Crippen LogP contribution in [-0.4, -0.2) is 34.5 Å². The van der Waals surface area contributed by atoms with E-state index >= 15 is 0 Å². The maximum atomic E-state index is 13.0. The van der Waals surface area contributed by atoms with Crippen molar-refractivity contribution in [2.75, 3.05) is 0 Å². The van der Waals surface area contributed by atoms with E-state index in [1.54, 1.807) is 0 Å². The van der Waals surface area contributed by atoms with Crippen LogP contribution in [0, 0.1) is 5.92 Å². The SMILES string of the molecule is CC(C)c1ccc(C(=O)C2CC3CCC(C2)N3C(=O)OC(C)(C)C)cc1. The summed E-state index contributed by atoms with van der Waals surface area (Å²) in [6.45, 7) is 9.99. The summed E-state index contributed by atoms with van der Waals surface area (Å²) in [5, 5.41) is 0. The summed E-state index contributed by atoms with van der Waals surface area (Å²) in [7, 11) is 0. The number of fused-ring (bicyclic) bond motifs is 2. The van der Waals surface area contributed by atoms with E-state index in [-0.39, 0.29) is 29.9 Å². The predicted octanol–water partition coefficient (Wildman–Crippen LogP) is 5.17. The highest BCUT2D eigenvalue weighted by atomic mass is 16.6. The molecule has 2 saturated heterocycles. The molecule has 1 aromatic rings. The summed E-state index contributed by atoms with van der Waals surface area (Å²) in [5.41, 5.74) is 1.56. The Labute approximate surface area is 156 Å². The van der Waals surface area contributed by atoms with Gasteiger partial charge in [-0.15, -0.1) is 0 Å². The van der Waals surface area contributed by atoms with Crippen LogP contribution in [-0.2, 0) is 4.74 Å². The molecule has 1 aromatic carbocycles.